The molecule has 0 aromatic heterocycles. The third-order valence-corrected chi connectivity index (χ3v) is 5.12. The van der Waals surface area contributed by atoms with Gasteiger partial charge in [-0.2, -0.15) is 5.10 Å². The largest absolute Gasteiger partial charge is 0.462 e. The highest BCUT2D eigenvalue weighted by Crippen LogP contribution is 2.32. The van der Waals surface area contributed by atoms with Crippen LogP contribution in [-0.2, 0) is 4.74 Å². The second kappa shape index (κ2) is 9.87. The summed E-state index contributed by atoms with van der Waals surface area (Å²) in [6.45, 7) is 5.96. The number of hydrogen-bond acceptors (Lipinski definition) is 7. The van der Waals surface area contributed by atoms with E-state index in [-0.39, 0.29) is 16.6 Å². The van der Waals surface area contributed by atoms with Crippen LogP contribution in [0.4, 0.5) is 17.1 Å². The minimum Gasteiger partial charge on any atom is -0.462 e. The molecule has 158 valence electrons. The number of carbonyl (C=O) groups is 1. The molecule has 1 fully saturated rings. The topological polar surface area (TPSA) is 97.1 Å². The van der Waals surface area contributed by atoms with Gasteiger partial charge < -0.3 is 9.64 Å². The van der Waals surface area contributed by atoms with Crippen molar-refractivity contribution in [3.05, 3.63) is 63.7 Å². The van der Waals surface area contributed by atoms with E-state index >= 15 is 0 Å². The van der Waals surface area contributed by atoms with E-state index < -0.39 is 0 Å². The second-order valence-electron chi connectivity index (χ2n) is 7.34. The molecule has 0 atom stereocenters. The molecule has 30 heavy (non-hydrogen) atoms. The number of nitro benzene ring substituents is 1. The highest BCUT2D eigenvalue weighted by atomic mass is 16.6. The molecule has 1 aliphatic heterocycles. The van der Waals surface area contributed by atoms with Gasteiger partial charge in [-0.25, -0.2) is 4.79 Å². The fourth-order valence-electron chi connectivity index (χ4n) is 3.36. The van der Waals surface area contributed by atoms with Crippen molar-refractivity contribution in [1.29, 1.82) is 0 Å². The fraction of sp³-hybridized carbons (Fsp3) is 0.364. The average molecular weight is 410 g/mol. The minimum absolute atomic E-state index is 0.0901. The Morgan fingerprint density at radius 3 is 2.60 bits per heavy atom. The first-order chi connectivity index (χ1) is 14.5. The van der Waals surface area contributed by atoms with E-state index in [4.69, 9.17) is 4.74 Å². The zero-order valence-corrected chi connectivity index (χ0v) is 17.2. The van der Waals surface area contributed by atoms with Crippen LogP contribution in [0, 0.1) is 16.0 Å². The molecule has 8 nitrogen and oxygen atoms in total. The number of carbonyl (C=O) groups excluding carboxylic acids is 1. The van der Waals surface area contributed by atoms with E-state index in [0.29, 0.717) is 35.0 Å². The van der Waals surface area contributed by atoms with E-state index in [0.717, 1.165) is 25.9 Å². The van der Waals surface area contributed by atoms with Gasteiger partial charge in [0.1, 0.15) is 5.69 Å². The van der Waals surface area contributed by atoms with E-state index in [9.17, 15) is 14.9 Å². The zero-order chi connectivity index (χ0) is 21.5. The Kier molecular flexibility index (Phi) is 7.00. The van der Waals surface area contributed by atoms with Gasteiger partial charge in [-0.1, -0.05) is 13.0 Å². The fourth-order valence-corrected chi connectivity index (χ4v) is 3.36. The molecule has 2 aromatic rings. The highest BCUT2D eigenvalue weighted by molar-refractivity contribution is 5.90. The first kappa shape index (κ1) is 21.3. The van der Waals surface area contributed by atoms with Crippen LogP contribution in [0.25, 0.3) is 0 Å². The Morgan fingerprint density at radius 1 is 1.27 bits per heavy atom. The van der Waals surface area contributed by atoms with Crippen molar-refractivity contribution < 1.29 is 14.5 Å². The maximum absolute atomic E-state index is 11.7. The normalized spacial score (nSPS) is 14.7. The molecule has 0 bridgehead atoms. The number of hydrazone groups is 1. The van der Waals surface area contributed by atoms with Crippen LogP contribution in [0.2, 0.25) is 0 Å². The summed E-state index contributed by atoms with van der Waals surface area (Å²) < 4.78 is 4.95. The Morgan fingerprint density at radius 2 is 1.97 bits per heavy atom. The maximum Gasteiger partial charge on any atom is 0.338 e. The lowest BCUT2D eigenvalue weighted by atomic mass is 9.98. The predicted molar refractivity (Wildman–Crippen MR) is 117 cm³/mol. The number of benzene rings is 2. The lowest BCUT2D eigenvalue weighted by molar-refractivity contribution is -0.384. The van der Waals surface area contributed by atoms with Gasteiger partial charge in [0, 0.05) is 24.7 Å². The van der Waals surface area contributed by atoms with Crippen LogP contribution >= 0.6 is 0 Å². The van der Waals surface area contributed by atoms with Gasteiger partial charge in [0.2, 0.25) is 0 Å². The van der Waals surface area contributed by atoms with Gasteiger partial charge in [-0.3, -0.25) is 15.5 Å². The summed E-state index contributed by atoms with van der Waals surface area (Å²) in [6, 6.07) is 11.9. The van der Waals surface area contributed by atoms with Crippen molar-refractivity contribution in [3.8, 4) is 0 Å². The van der Waals surface area contributed by atoms with Crippen molar-refractivity contribution in [3.63, 3.8) is 0 Å². The van der Waals surface area contributed by atoms with Gasteiger partial charge in [0.05, 0.1) is 29.0 Å². The summed E-state index contributed by atoms with van der Waals surface area (Å²) >= 11 is 0. The lowest BCUT2D eigenvalue weighted by Crippen LogP contribution is -2.33. The molecule has 0 unspecified atom stereocenters. The maximum atomic E-state index is 11.7. The average Bonchev–Trinajstić information content (AvgIpc) is 2.75. The first-order valence-corrected chi connectivity index (χ1v) is 10.1. The molecule has 8 heteroatoms. The van der Waals surface area contributed by atoms with Gasteiger partial charge in [0.15, 0.2) is 0 Å². The van der Waals surface area contributed by atoms with E-state index in [1.54, 1.807) is 43.3 Å². The Bertz CT molecular complexity index is 919. The molecule has 0 saturated carbocycles. The number of hydrogen-bond donors (Lipinski definition) is 1. The minimum atomic E-state index is -0.372. The standard InChI is InChI=1S/C22H26N4O4/c1-3-30-22(27)18-5-7-19(8-6-18)24-23-15-17-4-9-20(21(14-17)26(28)29)25-12-10-16(2)11-13-25/h4-9,14-16,24H,3,10-13H2,1-2H3/b23-15+. The van der Waals surface area contributed by atoms with E-state index in [1.807, 2.05) is 6.07 Å². The molecule has 0 spiro atoms. The smallest absolute Gasteiger partial charge is 0.338 e. The monoisotopic (exact) mass is 410 g/mol. The van der Waals surface area contributed by atoms with Crippen molar-refractivity contribution in [2.45, 2.75) is 26.7 Å². The van der Waals surface area contributed by atoms with E-state index in [1.165, 1.54) is 6.21 Å². The van der Waals surface area contributed by atoms with Crippen LogP contribution in [0.5, 0.6) is 0 Å². The van der Waals surface area contributed by atoms with Crippen molar-refractivity contribution in [2.24, 2.45) is 11.0 Å². The summed E-state index contributed by atoms with van der Waals surface area (Å²) in [5, 5.41) is 15.7. The molecule has 0 aliphatic carbocycles. The van der Waals surface area contributed by atoms with Crippen LogP contribution in [0.3, 0.4) is 0 Å². The quantitative estimate of drug-likeness (QED) is 0.313. The number of anilines is 2. The molecule has 2 aromatic carbocycles. The Labute approximate surface area is 175 Å². The SMILES string of the molecule is CCOC(=O)c1ccc(N/N=C/c2ccc(N3CCC(C)CC3)c([N+](=O)[O-])c2)cc1. The number of nitro groups is 1. The molecule has 1 aliphatic rings. The Hall–Kier alpha value is -3.42. The van der Waals surface area contributed by atoms with Gasteiger partial charge in [-0.15, -0.1) is 0 Å². The third-order valence-electron chi connectivity index (χ3n) is 5.12. The molecule has 0 radical (unpaired) electrons. The molecule has 0 amide bonds. The van der Waals surface area contributed by atoms with Crippen LogP contribution in [0.1, 0.15) is 42.6 Å². The predicted octanol–water partition coefficient (Wildman–Crippen LogP) is 4.45. The summed E-state index contributed by atoms with van der Waals surface area (Å²) in [5.41, 5.74) is 5.39. The number of nitrogens with zero attached hydrogens (tertiary/aromatic N) is 3. The van der Waals surface area contributed by atoms with Crippen LogP contribution < -0.4 is 10.3 Å². The van der Waals surface area contributed by atoms with Crippen LogP contribution in [0.15, 0.2) is 47.6 Å². The van der Waals surface area contributed by atoms with Gasteiger partial charge >= 0.3 is 5.97 Å². The number of piperidine rings is 1. The number of nitrogens with one attached hydrogen (secondary N) is 1. The van der Waals surface area contributed by atoms with Crippen molar-refractivity contribution in [2.75, 3.05) is 30.0 Å². The molecule has 3 rings (SSSR count). The molecule has 1 N–H and O–H groups in total. The summed E-state index contributed by atoms with van der Waals surface area (Å²) in [6.07, 6.45) is 3.62. The van der Waals surface area contributed by atoms with E-state index in [2.05, 4.69) is 22.4 Å². The number of rotatable bonds is 7. The highest BCUT2D eigenvalue weighted by Gasteiger charge is 2.23. The molecule has 1 saturated heterocycles. The van der Waals surface area contributed by atoms with Crippen molar-refractivity contribution in [1.82, 2.24) is 0 Å². The van der Waals surface area contributed by atoms with Gasteiger partial charge in [0.25, 0.3) is 5.69 Å². The third kappa shape index (κ3) is 5.34. The van der Waals surface area contributed by atoms with Crippen molar-refractivity contribution >= 4 is 29.2 Å². The molecule has 1 heterocycles. The summed E-state index contributed by atoms with van der Waals surface area (Å²) in [4.78, 5) is 25.0. The summed E-state index contributed by atoms with van der Waals surface area (Å²) in [7, 11) is 0. The first-order valence-electron chi connectivity index (χ1n) is 10.1. The molecular formula is C22H26N4O4. The summed E-state index contributed by atoms with van der Waals surface area (Å²) in [5.74, 6) is 0.284. The van der Waals surface area contributed by atoms with Crippen LogP contribution in [-0.4, -0.2) is 36.8 Å². The number of ether oxygens (including phenoxy) is 1. The second-order valence-corrected chi connectivity index (χ2v) is 7.34. The lowest BCUT2D eigenvalue weighted by Gasteiger charge is -2.31. The Balaban J connectivity index is 1.67. The van der Waals surface area contributed by atoms with Gasteiger partial charge in [-0.05, 0) is 56.0 Å². The zero-order valence-electron chi connectivity index (χ0n) is 17.2. The molecular weight excluding hydrogens is 384 g/mol. The number of esters is 1.